The number of benzene rings is 1. The second-order valence-electron chi connectivity index (χ2n) is 4.41. The number of rotatable bonds is 3. The van der Waals surface area contributed by atoms with E-state index in [9.17, 15) is 0 Å². The summed E-state index contributed by atoms with van der Waals surface area (Å²) in [7, 11) is 3.25. The summed E-state index contributed by atoms with van der Waals surface area (Å²) < 4.78 is 12.6. The van der Waals surface area contributed by atoms with E-state index >= 15 is 0 Å². The molecule has 0 saturated carbocycles. The number of methoxy groups -OCH3 is 2. The maximum absolute atomic E-state index is 5.40. The van der Waals surface area contributed by atoms with Gasteiger partial charge in [0.05, 0.1) is 14.2 Å². The highest BCUT2D eigenvalue weighted by Crippen LogP contribution is 2.36. The molecular weight excluding hydrogens is 254 g/mol. The molecular formula is C15H15N3O2. The fourth-order valence-corrected chi connectivity index (χ4v) is 2.21. The van der Waals surface area contributed by atoms with Crippen LogP contribution in [0.5, 0.6) is 11.5 Å². The van der Waals surface area contributed by atoms with E-state index in [0.29, 0.717) is 17.3 Å². The number of hydrogen-bond donors (Lipinski definition) is 0. The monoisotopic (exact) mass is 269 g/mol. The Labute approximate surface area is 116 Å². The maximum atomic E-state index is 5.40. The lowest BCUT2D eigenvalue weighted by atomic mass is 10.1. The molecule has 1 aromatic carbocycles. The van der Waals surface area contributed by atoms with Crippen molar-refractivity contribution in [3.8, 4) is 22.9 Å². The summed E-state index contributed by atoms with van der Waals surface area (Å²) in [5.74, 6) is 1.98. The lowest BCUT2D eigenvalue weighted by molar-refractivity contribution is 0.397. The summed E-state index contributed by atoms with van der Waals surface area (Å²) in [6, 6.07) is 11.5. The van der Waals surface area contributed by atoms with Crippen LogP contribution in [0.2, 0.25) is 0 Å². The fraction of sp³-hybridized carbons (Fsp3) is 0.200. The molecule has 0 bridgehead atoms. The van der Waals surface area contributed by atoms with Gasteiger partial charge in [-0.1, -0.05) is 12.1 Å². The van der Waals surface area contributed by atoms with E-state index in [1.165, 1.54) is 0 Å². The van der Waals surface area contributed by atoms with E-state index in [-0.39, 0.29) is 0 Å². The number of ether oxygens (including phenoxy) is 2. The Morgan fingerprint density at radius 3 is 2.20 bits per heavy atom. The Hall–Kier alpha value is -2.56. The highest BCUT2D eigenvalue weighted by Gasteiger charge is 2.17. The molecule has 2 aromatic heterocycles. The van der Waals surface area contributed by atoms with Gasteiger partial charge in [0.15, 0.2) is 11.5 Å². The van der Waals surface area contributed by atoms with Gasteiger partial charge in [-0.3, -0.25) is 0 Å². The molecule has 3 rings (SSSR count). The molecule has 0 atom stereocenters. The quantitative estimate of drug-likeness (QED) is 0.733. The first kappa shape index (κ1) is 12.5. The summed E-state index contributed by atoms with van der Waals surface area (Å²) in [5.41, 5.74) is 2.59. The molecule has 0 N–H and O–H groups in total. The Morgan fingerprint density at radius 2 is 1.60 bits per heavy atom. The number of aryl methyl sites for hydroxylation is 1. The minimum absolute atomic E-state index is 0.591. The molecule has 0 radical (unpaired) electrons. The Balaban J connectivity index is 2.27. The largest absolute Gasteiger partial charge is 0.496 e. The standard InChI is InChI=1S/C15H15N3O2/c1-10-6-4-9-13-16-15(17-18(10)13)14-11(19-2)7-5-8-12(14)20-3/h4-9H,1-3H3. The van der Waals surface area contributed by atoms with Gasteiger partial charge in [0.25, 0.3) is 0 Å². The van der Waals surface area contributed by atoms with E-state index in [0.717, 1.165) is 16.9 Å². The third kappa shape index (κ3) is 1.87. The van der Waals surface area contributed by atoms with Crippen LogP contribution < -0.4 is 9.47 Å². The van der Waals surface area contributed by atoms with Crippen LogP contribution in [0.15, 0.2) is 36.4 Å². The van der Waals surface area contributed by atoms with Crippen molar-refractivity contribution in [2.75, 3.05) is 14.2 Å². The van der Waals surface area contributed by atoms with Crippen LogP contribution in [0.3, 0.4) is 0 Å². The number of hydrogen-bond acceptors (Lipinski definition) is 4. The summed E-state index contributed by atoms with van der Waals surface area (Å²) in [6.07, 6.45) is 0. The molecule has 0 saturated heterocycles. The lowest BCUT2D eigenvalue weighted by Gasteiger charge is -2.09. The topological polar surface area (TPSA) is 48.7 Å². The molecule has 3 aromatic rings. The van der Waals surface area contributed by atoms with Crippen molar-refractivity contribution in [2.24, 2.45) is 0 Å². The molecule has 2 heterocycles. The molecule has 20 heavy (non-hydrogen) atoms. The fourth-order valence-electron chi connectivity index (χ4n) is 2.21. The minimum atomic E-state index is 0.591. The van der Waals surface area contributed by atoms with Crippen LogP contribution in [0, 0.1) is 6.92 Å². The summed E-state index contributed by atoms with van der Waals surface area (Å²) >= 11 is 0. The zero-order valence-corrected chi connectivity index (χ0v) is 11.6. The predicted octanol–water partition coefficient (Wildman–Crippen LogP) is 2.72. The van der Waals surface area contributed by atoms with E-state index in [1.54, 1.807) is 18.7 Å². The molecule has 5 nitrogen and oxygen atoms in total. The molecule has 0 aliphatic carbocycles. The number of pyridine rings is 1. The van der Waals surface area contributed by atoms with Crippen LogP contribution >= 0.6 is 0 Å². The number of fused-ring (bicyclic) bond motifs is 1. The third-order valence-electron chi connectivity index (χ3n) is 3.20. The molecule has 0 aliphatic heterocycles. The van der Waals surface area contributed by atoms with Crippen LogP contribution in [0.1, 0.15) is 5.69 Å². The van der Waals surface area contributed by atoms with Crippen molar-refractivity contribution in [2.45, 2.75) is 6.92 Å². The van der Waals surface area contributed by atoms with Gasteiger partial charge in [-0.2, -0.15) is 0 Å². The lowest BCUT2D eigenvalue weighted by Crippen LogP contribution is -1.95. The van der Waals surface area contributed by atoms with Gasteiger partial charge in [0.2, 0.25) is 0 Å². The second kappa shape index (κ2) is 4.85. The third-order valence-corrected chi connectivity index (χ3v) is 3.20. The van der Waals surface area contributed by atoms with Crippen molar-refractivity contribution in [3.05, 3.63) is 42.1 Å². The average molecular weight is 269 g/mol. The predicted molar refractivity (Wildman–Crippen MR) is 76.3 cm³/mol. The maximum Gasteiger partial charge on any atom is 0.189 e. The van der Waals surface area contributed by atoms with Gasteiger partial charge in [-0.25, -0.2) is 9.50 Å². The highest BCUT2D eigenvalue weighted by molar-refractivity contribution is 5.73. The van der Waals surface area contributed by atoms with Crippen molar-refractivity contribution in [1.82, 2.24) is 14.6 Å². The molecule has 102 valence electrons. The Kier molecular flexibility index (Phi) is 3.02. The summed E-state index contributed by atoms with van der Waals surface area (Å²) in [6.45, 7) is 1.99. The van der Waals surface area contributed by atoms with Gasteiger partial charge in [-0.15, -0.1) is 5.10 Å². The first-order valence-electron chi connectivity index (χ1n) is 6.28. The smallest absolute Gasteiger partial charge is 0.189 e. The van der Waals surface area contributed by atoms with Crippen LogP contribution in [0.25, 0.3) is 17.0 Å². The number of nitrogens with zero attached hydrogens (tertiary/aromatic N) is 3. The van der Waals surface area contributed by atoms with E-state index in [4.69, 9.17) is 9.47 Å². The normalized spacial score (nSPS) is 10.8. The molecule has 0 amide bonds. The minimum Gasteiger partial charge on any atom is -0.496 e. The van der Waals surface area contributed by atoms with Crippen LogP contribution in [-0.2, 0) is 0 Å². The second-order valence-corrected chi connectivity index (χ2v) is 4.41. The molecule has 0 unspecified atom stereocenters. The van der Waals surface area contributed by atoms with Gasteiger partial charge in [0.1, 0.15) is 17.1 Å². The van der Waals surface area contributed by atoms with Crippen molar-refractivity contribution in [1.29, 1.82) is 0 Å². The highest BCUT2D eigenvalue weighted by atomic mass is 16.5. The van der Waals surface area contributed by atoms with Crippen molar-refractivity contribution in [3.63, 3.8) is 0 Å². The van der Waals surface area contributed by atoms with Crippen LogP contribution in [-0.4, -0.2) is 28.8 Å². The van der Waals surface area contributed by atoms with Gasteiger partial charge >= 0.3 is 0 Å². The van der Waals surface area contributed by atoms with E-state index in [1.807, 2.05) is 43.3 Å². The Morgan fingerprint density at radius 1 is 0.950 bits per heavy atom. The van der Waals surface area contributed by atoms with Gasteiger partial charge in [0, 0.05) is 5.69 Å². The summed E-state index contributed by atoms with van der Waals surface area (Å²) in [5, 5.41) is 4.55. The van der Waals surface area contributed by atoms with Gasteiger partial charge < -0.3 is 9.47 Å². The first-order chi connectivity index (χ1) is 9.74. The SMILES string of the molecule is COc1cccc(OC)c1-c1nc2cccc(C)n2n1. The zero-order chi connectivity index (χ0) is 14.1. The van der Waals surface area contributed by atoms with E-state index in [2.05, 4.69) is 10.1 Å². The molecule has 0 spiro atoms. The first-order valence-corrected chi connectivity index (χ1v) is 6.28. The van der Waals surface area contributed by atoms with Gasteiger partial charge in [-0.05, 0) is 31.2 Å². The zero-order valence-electron chi connectivity index (χ0n) is 11.6. The van der Waals surface area contributed by atoms with Crippen molar-refractivity contribution < 1.29 is 9.47 Å². The molecule has 5 heteroatoms. The molecule has 0 fully saturated rings. The van der Waals surface area contributed by atoms with E-state index < -0.39 is 0 Å². The van der Waals surface area contributed by atoms with Crippen molar-refractivity contribution >= 4 is 5.65 Å². The van der Waals surface area contributed by atoms with Crippen LogP contribution in [0.4, 0.5) is 0 Å². The number of aromatic nitrogens is 3. The Bertz CT molecular complexity index is 743. The average Bonchev–Trinajstić information content (AvgIpc) is 2.91. The molecule has 0 aliphatic rings. The summed E-state index contributed by atoms with van der Waals surface area (Å²) in [4.78, 5) is 4.55.